The molecule has 0 radical (unpaired) electrons. The molecule has 28 heavy (non-hydrogen) atoms. The first-order chi connectivity index (χ1) is 13.8. The van der Waals surface area contributed by atoms with Crippen molar-refractivity contribution in [1.29, 1.82) is 0 Å². The van der Waals surface area contributed by atoms with Gasteiger partial charge in [-0.2, -0.15) is 0 Å². The predicted octanol–water partition coefficient (Wildman–Crippen LogP) is 3.38. The van der Waals surface area contributed by atoms with Gasteiger partial charge in [-0.05, 0) is 49.3 Å². The van der Waals surface area contributed by atoms with Crippen LogP contribution in [0.5, 0.6) is 0 Å². The van der Waals surface area contributed by atoms with E-state index in [9.17, 15) is 4.79 Å². The topological polar surface area (TPSA) is 60.5 Å². The Morgan fingerprint density at radius 2 is 2.00 bits per heavy atom. The Morgan fingerprint density at radius 1 is 1.14 bits per heavy atom. The molecular weight excluding hydrogens is 352 g/mol. The van der Waals surface area contributed by atoms with Crippen molar-refractivity contribution >= 4 is 5.91 Å². The number of aromatic nitrogens is 1. The molecule has 2 aliphatic heterocycles. The quantitative estimate of drug-likeness (QED) is 0.835. The summed E-state index contributed by atoms with van der Waals surface area (Å²) in [7, 11) is 0. The minimum atomic E-state index is -0.435. The lowest BCUT2D eigenvalue weighted by Gasteiger charge is -2.36. The average molecular weight is 380 g/mol. The predicted molar refractivity (Wildman–Crippen MR) is 108 cm³/mol. The third-order valence-electron chi connectivity index (χ3n) is 5.96. The van der Waals surface area contributed by atoms with Gasteiger partial charge in [-0.1, -0.05) is 30.3 Å². The summed E-state index contributed by atoms with van der Waals surface area (Å²) in [6.45, 7) is 2.66. The van der Waals surface area contributed by atoms with Crippen LogP contribution in [-0.2, 0) is 20.7 Å². The number of carbonyl (C=O) groups excluding carboxylic acids is 1. The normalized spacial score (nSPS) is 21.4. The van der Waals surface area contributed by atoms with Gasteiger partial charge in [0.25, 0.3) is 0 Å². The molecular formula is C23H28N2O3. The van der Waals surface area contributed by atoms with Crippen LogP contribution in [0.4, 0.5) is 0 Å². The summed E-state index contributed by atoms with van der Waals surface area (Å²) < 4.78 is 11.3. The van der Waals surface area contributed by atoms with Crippen molar-refractivity contribution in [3.05, 3.63) is 54.4 Å². The van der Waals surface area contributed by atoms with Gasteiger partial charge in [-0.15, -0.1) is 0 Å². The maximum absolute atomic E-state index is 13.3. The highest BCUT2D eigenvalue weighted by molar-refractivity contribution is 5.83. The van der Waals surface area contributed by atoms with E-state index in [1.54, 1.807) is 6.20 Å². The molecule has 0 spiro atoms. The van der Waals surface area contributed by atoms with Crippen molar-refractivity contribution in [3.63, 3.8) is 0 Å². The summed E-state index contributed by atoms with van der Waals surface area (Å²) in [6, 6.07) is 12.4. The second-order valence-corrected chi connectivity index (χ2v) is 7.81. The number of carbonyl (C=O) groups is 1. The van der Waals surface area contributed by atoms with Crippen LogP contribution in [0.1, 0.15) is 31.2 Å². The van der Waals surface area contributed by atoms with Gasteiger partial charge < -0.3 is 14.8 Å². The summed E-state index contributed by atoms with van der Waals surface area (Å²) in [5, 5.41) is 3.18. The first-order valence-corrected chi connectivity index (χ1v) is 10.2. The summed E-state index contributed by atoms with van der Waals surface area (Å²) in [5.74, 6) is 0.132. The molecule has 148 valence electrons. The zero-order valence-corrected chi connectivity index (χ0v) is 16.2. The van der Waals surface area contributed by atoms with Gasteiger partial charge in [0.2, 0.25) is 5.91 Å². The molecule has 1 aromatic carbocycles. The fourth-order valence-electron chi connectivity index (χ4n) is 4.29. The molecule has 0 bridgehead atoms. The van der Waals surface area contributed by atoms with Crippen LogP contribution >= 0.6 is 0 Å². The number of benzene rings is 1. The highest BCUT2D eigenvalue weighted by Crippen LogP contribution is 2.37. The van der Waals surface area contributed by atoms with Crippen LogP contribution in [0.25, 0.3) is 11.1 Å². The van der Waals surface area contributed by atoms with E-state index in [-0.39, 0.29) is 12.0 Å². The molecule has 5 nitrogen and oxygen atoms in total. The summed E-state index contributed by atoms with van der Waals surface area (Å²) in [5.41, 5.74) is 2.98. The molecule has 5 heteroatoms. The molecule has 1 atom stereocenters. The van der Waals surface area contributed by atoms with E-state index in [4.69, 9.17) is 9.47 Å². The number of nitrogens with one attached hydrogen (secondary N) is 1. The Hall–Kier alpha value is -2.24. The molecule has 1 N–H and O–H groups in total. The molecule has 2 saturated heterocycles. The monoisotopic (exact) mass is 380 g/mol. The van der Waals surface area contributed by atoms with E-state index in [1.165, 1.54) is 5.56 Å². The largest absolute Gasteiger partial charge is 0.381 e. The first-order valence-electron chi connectivity index (χ1n) is 10.2. The van der Waals surface area contributed by atoms with Crippen molar-refractivity contribution in [3.8, 4) is 11.1 Å². The maximum Gasteiger partial charge on any atom is 0.226 e. The van der Waals surface area contributed by atoms with Crippen LogP contribution in [0, 0.1) is 5.41 Å². The lowest BCUT2D eigenvalue weighted by atomic mass is 9.73. The van der Waals surface area contributed by atoms with Gasteiger partial charge in [0.1, 0.15) is 0 Å². The zero-order valence-electron chi connectivity index (χ0n) is 16.2. The number of pyridine rings is 1. The van der Waals surface area contributed by atoms with E-state index < -0.39 is 5.41 Å². The third kappa shape index (κ3) is 4.26. The summed E-state index contributed by atoms with van der Waals surface area (Å²) >= 11 is 0. The smallest absolute Gasteiger partial charge is 0.226 e. The second kappa shape index (κ2) is 8.84. The van der Waals surface area contributed by atoms with Crippen molar-refractivity contribution in [2.75, 3.05) is 26.4 Å². The lowest BCUT2D eigenvalue weighted by Crippen LogP contribution is -2.48. The van der Waals surface area contributed by atoms with Crippen LogP contribution in [0.15, 0.2) is 48.8 Å². The summed E-state index contributed by atoms with van der Waals surface area (Å²) in [4.78, 5) is 17.6. The molecule has 4 rings (SSSR count). The Morgan fingerprint density at radius 3 is 2.75 bits per heavy atom. The minimum absolute atomic E-state index is 0.132. The van der Waals surface area contributed by atoms with Crippen LogP contribution in [0.3, 0.4) is 0 Å². The molecule has 1 amide bonds. The van der Waals surface area contributed by atoms with Crippen molar-refractivity contribution in [2.24, 2.45) is 5.41 Å². The van der Waals surface area contributed by atoms with Crippen LogP contribution < -0.4 is 5.32 Å². The maximum atomic E-state index is 13.3. The van der Waals surface area contributed by atoms with E-state index in [2.05, 4.69) is 28.5 Å². The minimum Gasteiger partial charge on any atom is -0.381 e. The molecule has 0 aliphatic carbocycles. The van der Waals surface area contributed by atoms with Crippen molar-refractivity contribution < 1.29 is 14.3 Å². The molecule has 2 aliphatic rings. The Bertz CT molecular complexity index is 781. The number of amides is 1. The fourth-order valence-corrected chi connectivity index (χ4v) is 4.29. The van der Waals surface area contributed by atoms with E-state index >= 15 is 0 Å². The van der Waals surface area contributed by atoms with E-state index in [0.717, 1.165) is 43.4 Å². The van der Waals surface area contributed by atoms with Crippen LogP contribution in [0.2, 0.25) is 0 Å². The standard InChI is InChI=1S/C23H28N2O3/c26-22(25-17-20-7-4-12-28-20)23(9-13-27-14-10-23)15-18-5-1-2-8-21(18)19-6-3-11-24-16-19/h1-3,5-6,8,11,16,20H,4,7,9-10,12-15,17H2,(H,25,26). The molecule has 1 unspecified atom stereocenters. The Kier molecular flexibility index (Phi) is 6.03. The van der Waals surface area contributed by atoms with Gasteiger partial charge in [0.15, 0.2) is 0 Å². The van der Waals surface area contributed by atoms with Gasteiger partial charge >= 0.3 is 0 Å². The van der Waals surface area contributed by atoms with Gasteiger partial charge in [-0.25, -0.2) is 0 Å². The average Bonchev–Trinajstić information content (AvgIpc) is 3.27. The van der Waals surface area contributed by atoms with Crippen molar-refractivity contribution in [1.82, 2.24) is 10.3 Å². The lowest BCUT2D eigenvalue weighted by molar-refractivity contribution is -0.137. The SMILES string of the molecule is O=C(NCC1CCCO1)C1(Cc2ccccc2-c2cccnc2)CCOCC1. The van der Waals surface area contributed by atoms with Gasteiger partial charge in [0.05, 0.1) is 11.5 Å². The second-order valence-electron chi connectivity index (χ2n) is 7.81. The molecule has 3 heterocycles. The Labute approximate surface area is 166 Å². The molecule has 2 aromatic rings. The van der Waals surface area contributed by atoms with Gasteiger partial charge in [0, 0.05) is 44.3 Å². The van der Waals surface area contributed by atoms with Gasteiger partial charge in [-0.3, -0.25) is 9.78 Å². The van der Waals surface area contributed by atoms with E-state index in [1.807, 2.05) is 24.4 Å². The van der Waals surface area contributed by atoms with Crippen LogP contribution in [-0.4, -0.2) is 43.4 Å². The molecule has 0 saturated carbocycles. The molecule has 1 aromatic heterocycles. The third-order valence-corrected chi connectivity index (χ3v) is 5.96. The number of rotatable bonds is 6. The number of ether oxygens (including phenoxy) is 2. The number of hydrogen-bond donors (Lipinski definition) is 1. The van der Waals surface area contributed by atoms with Crippen molar-refractivity contribution in [2.45, 2.75) is 38.2 Å². The Balaban J connectivity index is 1.56. The highest BCUT2D eigenvalue weighted by atomic mass is 16.5. The fraction of sp³-hybridized carbons (Fsp3) is 0.478. The first kappa shape index (κ1) is 19.1. The number of hydrogen-bond acceptors (Lipinski definition) is 4. The summed E-state index contributed by atoms with van der Waals surface area (Å²) in [6.07, 6.45) is 8.12. The number of nitrogens with zero attached hydrogens (tertiary/aromatic N) is 1. The highest BCUT2D eigenvalue weighted by Gasteiger charge is 2.40. The van der Waals surface area contributed by atoms with E-state index in [0.29, 0.717) is 26.2 Å². The zero-order chi connectivity index (χ0) is 19.2. The molecule has 2 fully saturated rings.